The van der Waals surface area contributed by atoms with Crippen LogP contribution in [0.5, 0.6) is 0 Å². The predicted molar refractivity (Wildman–Crippen MR) is 132 cm³/mol. The van der Waals surface area contributed by atoms with Gasteiger partial charge in [0.15, 0.2) is 5.78 Å². The highest BCUT2D eigenvalue weighted by molar-refractivity contribution is 7.14. The topological polar surface area (TPSA) is 75.1 Å². The van der Waals surface area contributed by atoms with E-state index in [1.165, 1.54) is 0 Å². The molecule has 0 aliphatic carbocycles. The van der Waals surface area contributed by atoms with Crippen LogP contribution in [-0.2, 0) is 6.42 Å². The first-order valence-electron chi connectivity index (χ1n) is 11.3. The number of rotatable bonds is 7. The lowest BCUT2D eigenvalue weighted by atomic mass is 10.0. The first kappa shape index (κ1) is 22.5. The van der Waals surface area contributed by atoms with Crippen molar-refractivity contribution in [2.24, 2.45) is 0 Å². The lowest BCUT2D eigenvalue weighted by molar-refractivity contribution is 0.0992. The van der Waals surface area contributed by atoms with Crippen molar-refractivity contribution in [1.29, 1.82) is 0 Å². The van der Waals surface area contributed by atoms with Crippen LogP contribution in [0.2, 0.25) is 0 Å². The van der Waals surface area contributed by atoms with Crippen LogP contribution in [0.25, 0.3) is 21.3 Å². The van der Waals surface area contributed by atoms with E-state index >= 15 is 0 Å². The molecule has 1 saturated heterocycles. The second kappa shape index (κ2) is 9.90. The Labute approximate surface area is 201 Å². The quantitative estimate of drug-likeness (QED) is 0.374. The molecule has 5 rings (SSSR count). The number of hydrogen-bond donors (Lipinski definition) is 0. The molecule has 0 saturated carbocycles. The van der Waals surface area contributed by atoms with E-state index in [2.05, 4.69) is 36.0 Å². The van der Waals surface area contributed by atoms with Crippen molar-refractivity contribution < 1.29 is 9.18 Å². The number of aryl methyl sites for hydroxylation is 1. The number of alkyl halides is 1. The van der Waals surface area contributed by atoms with Crippen LogP contribution in [0.3, 0.4) is 0 Å². The van der Waals surface area contributed by atoms with Gasteiger partial charge < -0.3 is 4.90 Å². The van der Waals surface area contributed by atoms with E-state index in [9.17, 15) is 9.18 Å². The van der Waals surface area contributed by atoms with Gasteiger partial charge in [0.2, 0.25) is 0 Å². The molecule has 4 aromatic rings. The minimum absolute atomic E-state index is 0.00229. The van der Waals surface area contributed by atoms with Crippen LogP contribution in [-0.4, -0.2) is 70.2 Å². The summed E-state index contributed by atoms with van der Waals surface area (Å²) < 4.78 is 12.6. The van der Waals surface area contributed by atoms with Crippen molar-refractivity contribution >= 4 is 33.7 Å². The molecular formula is C25H25FN6OS. The van der Waals surface area contributed by atoms with Crippen molar-refractivity contribution in [2.45, 2.75) is 13.3 Å². The van der Waals surface area contributed by atoms with Gasteiger partial charge in [0.05, 0.1) is 6.42 Å². The minimum atomic E-state index is -0.325. The molecule has 1 aliphatic heterocycles. The summed E-state index contributed by atoms with van der Waals surface area (Å²) in [4.78, 5) is 26.3. The van der Waals surface area contributed by atoms with Gasteiger partial charge in [-0.1, -0.05) is 23.5 Å². The van der Waals surface area contributed by atoms with E-state index < -0.39 is 0 Å². The van der Waals surface area contributed by atoms with E-state index in [1.54, 1.807) is 23.6 Å². The number of aromatic nitrogens is 4. The monoisotopic (exact) mass is 476 g/mol. The number of piperazine rings is 1. The molecule has 1 aliphatic rings. The molecule has 34 heavy (non-hydrogen) atoms. The van der Waals surface area contributed by atoms with E-state index in [0.717, 1.165) is 64.0 Å². The third kappa shape index (κ3) is 4.95. The number of halogens is 1. The summed E-state index contributed by atoms with van der Waals surface area (Å²) in [6.45, 7) is 5.22. The van der Waals surface area contributed by atoms with E-state index in [1.807, 2.05) is 37.4 Å². The zero-order valence-electron chi connectivity index (χ0n) is 18.9. The van der Waals surface area contributed by atoms with Crippen LogP contribution in [0, 0.1) is 6.92 Å². The van der Waals surface area contributed by atoms with E-state index in [-0.39, 0.29) is 18.9 Å². The number of fused-ring (bicyclic) bond motifs is 1. The zero-order chi connectivity index (χ0) is 23.5. The minimum Gasteiger partial charge on any atom is -0.354 e. The molecule has 1 fully saturated rings. The van der Waals surface area contributed by atoms with Gasteiger partial charge in [0.25, 0.3) is 0 Å². The van der Waals surface area contributed by atoms with Gasteiger partial charge in [0, 0.05) is 67.3 Å². The molecule has 7 nitrogen and oxygen atoms in total. The lowest BCUT2D eigenvalue weighted by Crippen LogP contribution is -2.47. The highest BCUT2D eigenvalue weighted by Crippen LogP contribution is 2.27. The van der Waals surface area contributed by atoms with Gasteiger partial charge in [-0.2, -0.15) is 0 Å². The van der Waals surface area contributed by atoms with Gasteiger partial charge in [-0.3, -0.25) is 14.7 Å². The van der Waals surface area contributed by atoms with Crippen molar-refractivity contribution in [1.82, 2.24) is 25.1 Å². The second-order valence-corrected chi connectivity index (χ2v) is 9.57. The molecule has 174 valence electrons. The van der Waals surface area contributed by atoms with Crippen molar-refractivity contribution in [2.75, 3.05) is 44.3 Å². The molecule has 0 spiro atoms. The average molecular weight is 477 g/mol. The van der Waals surface area contributed by atoms with E-state index in [0.29, 0.717) is 12.1 Å². The zero-order valence-corrected chi connectivity index (χ0v) is 19.8. The smallest absolute Gasteiger partial charge is 0.169 e. The fraction of sp³-hybridized carbons (Fsp3) is 0.320. The first-order valence-corrected chi connectivity index (χ1v) is 12.1. The fourth-order valence-corrected chi connectivity index (χ4v) is 4.87. The number of ketones is 1. The number of pyridine rings is 2. The molecule has 0 N–H and O–H groups in total. The Morgan fingerprint density at radius 2 is 1.88 bits per heavy atom. The molecule has 3 aromatic heterocycles. The first-order chi connectivity index (χ1) is 16.6. The Hall–Kier alpha value is -3.30. The number of carbonyl (C=O) groups excluding carboxylic acids is 1. The average Bonchev–Trinajstić information content (AvgIpc) is 3.30. The summed E-state index contributed by atoms with van der Waals surface area (Å²) in [7, 11) is 0. The highest BCUT2D eigenvalue weighted by atomic mass is 32.1. The Balaban J connectivity index is 1.31. The van der Waals surface area contributed by atoms with E-state index in [4.69, 9.17) is 0 Å². The summed E-state index contributed by atoms with van der Waals surface area (Å²) in [6.07, 6.45) is 3.70. The van der Waals surface area contributed by atoms with Gasteiger partial charge in [0.1, 0.15) is 22.5 Å². The van der Waals surface area contributed by atoms with Gasteiger partial charge in [-0.15, -0.1) is 10.2 Å². The third-order valence-electron chi connectivity index (χ3n) is 6.06. The second-order valence-electron chi connectivity index (χ2n) is 8.38. The molecule has 0 radical (unpaired) electrons. The van der Waals surface area contributed by atoms with Crippen LogP contribution in [0.15, 0.2) is 48.8 Å². The maximum atomic E-state index is 13.1. The molecule has 0 unspecified atom stereocenters. The maximum Gasteiger partial charge on any atom is 0.169 e. The standard InChI is InChI=1S/C25H25FN6OS/c1-17-29-30-25(34-17)19-2-3-20-16-28-22(13-21(20)12-19)15-23(33)18-4-6-27-24(14-18)32-10-8-31(7-5-26)9-11-32/h2-4,6,12-14,16H,5,7-11,15H2,1H3. The van der Waals surface area contributed by atoms with Gasteiger partial charge in [-0.25, -0.2) is 9.37 Å². The van der Waals surface area contributed by atoms with Crippen LogP contribution in [0.4, 0.5) is 10.2 Å². The Morgan fingerprint density at radius 1 is 1.03 bits per heavy atom. The van der Waals surface area contributed by atoms with Crippen molar-refractivity contribution in [3.63, 3.8) is 0 Å². The molecule has 0 bridgehead atoms. The van der Waals surface area contributed by atoms with Crippen molar-refractivity contribution in [3.8, 4) is 10.6 Å². The van der Waals surface area contributed by atoms with Gasteiger partial charge in [-0.05, 0) is 36.6 Å². The summed E-state index contributed by atoms with van der Waals surface area (Å²) in [5, 5.41) is 12.2. The largest absolute Gasteiger partial charge is 0.354 e. The summed E-state index contributed by atoms with van der Waals surface area (Å²) >= 11 is 1.56. The predicted octanol–water partition coefficient (Wildman–Crippen LogP) is 3.97. The normalized spacial score (nSPS) is 14.6. The SMILES string of the molecule is Cc1nnc(-c2ccc3cnc(CC(=O)c4ccnc(N5CCN(CCF)CC5)c4)cc3c2)s1. The third-order valence-corrected chi connectivity index (χ3v) is 6.95. The Morgan fingerprint density at radius 3 is 2.65 bits per heavy atom. The lowest BCUT2D eigenvalue weighted by Gasteiger charge is -2.35. The Bertz CT molecular complexity index is 1320. The number of nitrogens with zero attached hydrogens (tertiary/aromatic N) is 6. The molecule has 0 amide bonds. The molecule has 1 aromatic carbocycles. The Kier molecular flexibility index (Phi) is 6.55. The summed E-state index contributed by atoms with van der Waals surface area (Å²) in [5.41, 5.74) is 2.35. The number of Topliss-reactive ketones (excluding diaryl/α,β-unsaturated/α-hetero) is 1. The molecule has 4 heterocycles. The number of hydrogen-bond acceptors (Lipinski definition) is 8. The van der Waals surface area contributed by atoms with Crippen LogP contribution < -0.4 is 4.90 Å². The highest BCUT2D eigenvalue weighted by Gasteiger charge is 2.19. The van der Waals surface area contributed by atoms with Crippen LogP contribution >= 0.6 is 11.3 Å². The van der Waals surface area contributed by atoms with Gasteiger partial charge >= 0.3 is 0 Å². The number of carbonyl (C=O) groups is 1. The number of anilines is 1. The molecule has 9 heteroatoms. The summed E-state index contributed by atoms with van der Waals surface area (Å²) in [5.74, 6) is 0.789. The molecular weight excluding hydrogens is 451 g/mol. The fourth-order valence-electron chi connectivity index (χ4n) is 4.18. The summed E-state index contributed by atoms with van der Waals surface area (Å²) in [6, 6.07) is 11.7. The number of benzene rings is 1. The maximum absolute atomic E-state index is 13.1. The van der Waals surface area contributed by atoms with Crippen molar-refractivity contribution in [3.05, 3.63) is 65.1 Å². The molecule has 0 atom stereocenters. The van der Waals surface area contributed by atoms with Crippen LogP contribution in [0.1, 0.15) is 21.1 Å².